The highest BCUT2D eigenvalue weighted by molar-refractivity contribution is 6.38. The SMILES string of the molecule is Cc1ccc2cccc(OCc3c(Cl)ccc(N(C)C(=O)CN)c3Cl)c2n1. The Morgan fingerprint density at radius 3 is 2.70 bits per heavy atom. The van der Waals surface area contributed by atoms with Gasteiger partial charge in [-0.1, -0.05) is 41.4 Å². The average Bonchev–Trinajstić information content (AvgIpc) is 2.67. The van der Waals surface area contributed by atoms with E-state index in [2.05, 4.69) is 4.98 Å². The molecule has 0 radical (unpaired) electrons. The van der Waals surface area contributed by atoms with Crippen LogP contribution in [0.3, 0.4) is 0 Å². The quantitative estimate of drug-likeness (QED) is 0.687. The number of amides is 1. The van der Waals surface area contributed by atoms with E-state index in [4.69, 9.17) is 33.7 Å². The van der Waals surface area contributed by atoms with E-state index in [1.165, 1.54) is 4.90 Å². The summed E-state index contributed by atoms with van der Waals surface area (Å²) in [4.78, 5) is 17.9. The highest BCUT2D eigenvalue weighted by Crippen LogP contribution is 2.35. The van der Waals surface area contributed by atoms with Gasteiger partial charge in [-0.05, 0) is 31.2 Å². The van der Waals surface area contributed by atoms with Gasteiger partial charge in [0.05, 0.1) is 17.3 Å². The first-order chi connectivity index (χ1) is 12.9. The number of anilines is 1. The fraction of sp³-hybridized carbons (Fsp3) is 0.200. The van der Waals surface area contributed by atoms with Crippen LogP contribution in [-0.2, 0) is 11.4 Å². The largest absolute Gasteiger partial charge is 0.487 e. The minimum Gasteiger partial charge on any atom is -0.487 e. The van der Waals surface area contributed by atoms with E-state index < -0.39 is 0 Å². The number of likely N-dealkylation sites (N-methyl/N-ethyl adjacent to an activating group) is 1. The van der Waals surface area contributed by atoms with Crippen molar-refractivity contribution in [2.45, 2.75) is 13.5 Å². The monoisotopic (exact) mass is 403 g/mol. The lowest BCUT2D eigenvalue weighted by molar-refractivity contribution is -0.117. The number of carbonyl (C=O) groups is 1. The van der Waals surface area contributed by atoms with Gasteiger partial charge in [0.2, 0.25) is 5.91 Å². The summed E-state index contributed by atoms with van der Waals surface area (Å²) in [5.74, 6) is 0.389. The fourth-order valence-electron chi connectivity index (χ4n) is 2.73. The van der Waals surface area contributed by atoms with Crippen molar-refractivity contribution in [3.63, 3.8) is 0 Å². The molecule has 0 saturated carbocycles. The number of nitrogens with two attached hydrogens (primary N) is 1. The fourth-order valence-corrected chi connectivity index (χ4v) is 3.34. The Morgan fingerprint density at radius 2 is 1.96 bits per heavy atom. The summed E-state index contributed by atoms with van der Waals surface area (Å²) in [5, 5.41) is 1.80. The molecule has 27 heavy (non-hydrogen) atoms. The predicted octanol–water partition coefficient (Wildman–Crippen LogP) is 4.35. The van der Waals surface area contributed by atoms with Crippen molar-refractivity contribution in [3.8, 4) is 5.75 Å². The van der Waals surface area contributed by atoms with Crippen molar-refractivity contribution >= 4 is 45.7 Å². The number of fused-ring (bicyclic) bond motifs is 1. The van der Waals surface area contributed by atoms with Gasteiger partial charge in [-0.25, -0.2) is 4.98 Å². The van der Waals surface area contributed by atoms with E-state index in [1.807, 2.05) is 37.3 Å². The molecule has 0 bridgehead atoms. The smallest absolute Gasteiger partial charge is 0.240 e. The van der Waals surface area contributed by atoms with Gasteiger partial charge < -0.3 is 15.4 Å². The van der Waals surface area contributed by atoms with Gasteiger partial charge in [0, 0.05) is 28.7 Å². The number of halogens is 2. The van der Waals surface area contributed by atoms with E-state index in [0.29, 0.717) is 27.0 Å². The highest BCUT2D eigenvalue weighted by atomic mass is 35.5. The summed E-state index contributed by atoms with van der Waals surface area (Å²) >= 11 is 12.8. The maximum absolute atomic E-state index is 11.9. The van der Waals surface area contributed by atoms with Crippen LogP contribution in [0.15, 0.2) is 42.5 Å². The number of para-hydroxylation sites is 1. The standard InChI is InChI=1S/C20H19Cl2N3O2/c1-12-6-7-13-4-3-5-17(20(13)24-12)27-11-14-15(21)8-9-16(19(14)22)25(2)18(26)10-23/h3-9H,10-11,23H2,1-2H3. The Morgan fingerprint density at radius 1 is 1.19 bits per heavy atom. The summed E-state index contributed by atoms with van der Waals surface area (Å²) in [6.45, 7) is 1.96. The van der Waals surface area contributed by atoms with Crippen LogP contribution >= 0.6 is 23.2 Å². The number of aromatic nitrogens is 1. The molecule has 140 valence electrons. The average molecular weight is 404 g/mol. The van der Waals surface area contributed by atoms with Gasteiger partial charge in [0.25, 0.3) is 0 Å². The van der Waals surface area contributed by atoms with Crippen molar-refractivity contribution in [3.05, 3.63) is 63.8 Å². The number of aryl methyl sites for hydroxylation is 1. The second kappa shape index (κ2) is 8.13. The molecule has 5 nitrogen and oxygen atoms in total. The van der Waals surface area contributed by atoms with Gasteiger partial charge in [-0.15, -0.1) is 0 Å². The zero-order chi connectivity index (χ0) is 19.6. The first-order valence-corrected chi connectivity index (χ1v) is 9.10. The molecule has 1 heterocycles. The van der Waals surface area contributed by atoms with Gasteiger partial charge in [-0.2, -0.15) is 0 Å². The van der Waals surface area contributed by atoms with Crippen LogP contribution in [0, 0.1) is 6.92 Å². The highest BCUT2D eigenvalue weighted by Gasteiger charge is 2.18. The molecule has 1 aromatic heterocycles. The van der Waals surface area contributed by atoms with Crippen LogP contribution in [0.4, 0.5) is 5.69 Å². The molecule has 0 atom stereocenters. The van der Waals surface area contributed by atoms with Gasteiger partial charge >= 0.3 is 0 Å². The molecular weight excluding hydrogens is 385 g/mol. The molecule has 0 spiro atoms. The zero-order valence-electron chi connectivity index (χ0n) is 15.0. The van der Waals surface area contributed by atoms with E-state index in [1.54, 1.807) is 19.2 Å². The van der Waals surface area contributed by atoms with Crippen molar-refractivity contribution in [2.75, 3.05) is 18.5 Å². The number of benzene rings is 2. The molecule has 0 unspecified atom stereocenters. The van der Waals surface area contributed by atoms with Gasteiger partial charge in [-0.3, -0.25) is 4.79 Å². The van der Waals surface area contributed by atoms with Gasteiger partial charge in [0.15, 0.2) is 0 Å². The summed E-state index contributed by atoms with van der Waals surface area (Å²) < 4.78 is 5.98. The molecule has 7 heteroatoms. The number of hydrogen-bond donors (Lipinski definition) is 1. The molecular formula is C20H19Cl2N3O2. The molecule has 0 saturated heterocycles. The van der Waals surface area contributed by atoms with Crippen molar-refractivity contribution in [1.82, 2.24) is 4.98 Å². The maximum atomic E-state index is 11.9. The lowest BCUT2D eigenvalue weighted by Crippen LogP contribution is -2.32. The number of pyridine rings is 1. The van der Waals surface area contributed by atoms with Crippen LogP contribution in [0.2, 0.25) is 10.0 Å². The van der Waals surface area contributed by atoms with Crippen LogP contribution < -0.4 is 15.4 Å². The third-order valence-electron chi connectivity index (χ3n) is 4.27. The number of hydrogen-bond acceptors (Lipinski definition) is 4. The van der Waals surface area contributed by atoms with E-state index in [9.17, 15) is 4.79 Å². The van der Waals surface area contributed by atoms with E-state index in [0.717, 1.165) is 16.6 Å². The molecule has 3 rings (SSSR count). The van der Waals surface area contributed by atoms with Crippen LogP contribution in [0.5, 0.6) is 5.75 Å². The molecule has 3 aromatic rings. The summed E-state index contributed by atoms with van der Waals surface area (Å²) in [5.41, 5.74) is 8.24. The summed E-state index contributed by atoms with van der Waals surface area (Å²) in [7, 11) is 1.62. The number of ether oxygens (including phenoxy) is 1. The molecule has 2 aromatic carbocycles. The molecule has 0 aliphatic carbocycles. The van der Waals surface area contributed by atoms with E-state index >= 15 is 0 Å². The zero-order valence-corrected chi connectivity index (χ0v) is 16.5. The topological polar surface area (TPSA) is 68.5 Å². The normalized spacial score (nSPS) is 10.9. The van der Waals surface area contributed by atoms with Crippen molar-refractivity contribution < 1.29 is 9.53 Å². The number of carbonyl (C=O) groups excluding carboxylic acids is 1. The minimum atomic E-state index is -0.250. The third kappa shape index (κ3) is 4.00. The summed E-state index contributed by atoms with van der Waals surface area (Å²) in [6, 6.07) is 13.1. The van der Waals surface area contributed by atoms with Crippen molar-refractivity contribution in [2.24, 2.45) is 5.73 Å². The Hall–Kier alpha value is -2.34. The summed E-state index contributed by atoms with van der Waals surface area (Å²) in [6.07, 6.45) is 0. The molecule has 2 N–H and O–H groups in total. The Bertz CT molecular complexity index is 1010. The predicted molar refractivity (Wildman–Crippen MR) is 110 cm³/mol. The van der Waals surface area contributed by atoms with E-state index in [-0.39, 0.29) is 19.1 Å². The number of nitrogens with zero attached hydrogens (tertiary/aromatic N) is 2. The Labute approximate surface area is 167 Å². The second-order valence-electron chi connectivity index (χ2n) is 6.09. The third-order valence-corrected chi connectivity index (χ3v) is 5.05. The van der Waals surface area contributed by atoms with Gasteiger partial charge in [0.1, 0.15) is 17.9 Å². The van der Waals surface area contributed by atoms with Crippen LogP contribution in [0.25, 0.3) is 10.9 Å². The van der Waals surface area contributed by atoms with Crippen LogP contribution in [-0.4, -0.2) is 24.5 Å². The minimum absolute atomic E-state index is 0.109. The van der Waals surface area contributed by atoms with Crippen LogP contribution in [0.1, 0.15) is 11.3 Å². The molecule has 0 fully saturated rings. The Kier molecular flexibility index (Phi) is 5.85. The number of rotatable bonds is 5. The first-order valence-electron chi connectivity index (χ1n) is 8.35. The molecule has 0 aliphatic rings. The maximum Gasteiger partial charge on any atom is 0.240 e. The lowest BCUT2D eigenvalue weighted by atomic mass is 10.1. The lowest BCUT2D eigenvalue weighted by Gasteiger charge is -2.20. The Balaban J connectivity index is 1.93. The molecule has 1 amide bonds. The first kappa shape index (κ1) is 19.4. The van der Waals surface area contributed by atoms with Crippen molar-refractivity contribution in [1.29, 1.82) is 0 Å². The second-order valence-corrected chi connectivity index (χ2v) is 6.87. The molecule has 0 aliphatic heterocycles.